The van der Waals surface area contributed by atoms with Gasteiger partial charge in [0.1, 0.15) is 0 Å². The van der Waals surface area contributed by atoms with Crippen LogP contribution in [0.25, 0.3) is 0 Å². The third-order valence-corrected chi connectivity index (χ3v) is 4.11. The van der Waals surface area contributed by atoms with E-state index >= 15 is 0 Å². The van der Waals surface area contributed by atoms with Gasteiger partial charge in [-0.15, -0.1) is 0 Å². The molecule has 0 radical (unpaired) electrons. The molecule has 0 bridgehead atoms. The van der Waals surface area contributed by atoms with Gasteiger partial charge in [0.2, 0.25) is 0 Å². The SMILES string of the molecule is Cn1cc(C(=O)N[C@H](Cc2ccsc2)c2cccnc2)cn1. The van der Waals surface area contributed by atoms with Gasteiger partial charge in [0.25, 0.3) is 5.91 Å². The highest BCUT2D eigenvalue weighted by Gasteiger charge is 2.17. The first-order chi connectivity index (χ1) is 10.7. The highest BCUT2D eigenvalue weighted by atomic mass is 32.1. The van der Waals surface area contributed by atoms with E-state index in [1.807, 2.05) is 17.5 Å². The molecule has 22 heavy (non-hydrogen) atoms. The molecule has 3 aromatic rings. The summed E-state index contributed by atoms with van der Waals surface area (Å²) in [7, 11) is 1.79. The molecule has 1 N–H and O–H groups in total. The first-order valence-electron chi connectivity index (χ1n) is 6.93. The standard InChI is InChI=1S/C16H16N4OS/c1-20-10-14(9-18-20)16(21)19-15(7-12-4-6-22-11-12)13-3-2-5-17-8-13/h2-6,8-11,15H,7H2,1H3,(H,19,21)/t15-/m1/s1. The molecule has 0 aliphatic heterocycles. The zero-order valence-electron chi connectivity index (χ0n) is 12.1. The molecule has 1 amide bonds. The Bertz CT molecular complexity index is 737. The zero-order chi connectivity index (χ0) is 15.4. The Morgan fingerprint density at radius 3 is 2.95 bits per heavy atom. The van der Waals surface area contributed by atoms with Crippen LogP contribution in [0.3, 0.4) is 0 Å². The quantitative estimate of drug-likeness (QED) is 0.788. The molecule has 0 saturated carbocycles. The molecule has 0 saturated heterocycles. The first-order valence-corrected chi connectivity index (χ1v) is 7.87. The number of amides is 1. The summed E-state index contributed by atoms with van der Waals surface area (Å²) in [5.74, 6) is -0.128. The van der Waals surface area contributed by atoms with Crippen LogP contribution in [0.1, 0.15) is 27.5 Å². The normalized spacial score (nSPS) is 12.0. The van der Waals surface area contributed by atoms with Crippen molar-refractivity contribution in [3.8, 4) is 0 Å². The van der Waals surface area contributed by atoms with Gasteiger partial charge in [0.05, 0.1) is 17.8 Å². The van der Waals surface area contributed by atoms with Crippen LogP contribution in [0.5, 0.6) is 0 Å². The summed E-state index contributed by atoms with van der Waals surface area (Å²) in [4.78, 5) is 16.5. The smallest absolute Gasteiger partial charge is 0.254 e. The molecular formula is C16H16N4OS. The Kier molecular flexibility index (Phi) is 4.29. The number of aromatic nitrogens is 3. The third-order valence-electron chi connectivity index (χ3n) is 3.38. The van der Waals surface area contributed by atoms with Crippen LogP contribution in [-0.4, -0.2) is 20.7 Å². The molecule has 3 heterocycles. The predicted molar refractivity (Wildman–Crippen MR) is 85.7 cm³/mol. The Balaban J connectivity index is 1.80. The largest absolute Gasteiger partial charge is 0.345 e. The summed E-state index contributed by atoms with van der Waals surface area (Å²) < 4.78 is 1.62. The highest BCUT2D eigenvalue weighted by Crippen LogP contribution is 2.20. The fourth-order valence-corrected chi connectivity index (χ4v) is 2.94. The fraction of sp³-hybridized carbons (Fsp3) is 0.188. The van der Waals surface area contributed by atoms with Crippen molar-refractivity contribution in [3.05, 3.63) is 70.4 Å². The monoisotopic (exact) mass is 312 g/mol. The molecule has 1 atom stereocenters. The van der Waals surface area contributed by atoms with Gasteiger partial charge < -0.3 is 5.32 Å². The van der Waals surface area contributed by atoms with Crippen molar-refractivity contribution in [2.24, 2.45) is 7.05 Å². The molecule has 0 fully saturated rings. The van der Waals surface area contributed by atoms with E-state index in [1.165, 1.54) is 5.56 Å². The maximum atomic E-state index is 12.4. The molecule has 5 nitrogen and oxygen atoms in total. The summed E-state index contributed by atoms with van der Waals surface area (Å²) in [5.41, 5.74) is 2.75. The summed E-state index contributed by atoms with van der Waals surface area (Å²) in [6.45, 7) is 0. The number of hydrogen-bond acceptors (Lipinski definition) is 4. The molecular weight excluding hydrogens is 296 g/mol. The number of carbonyl (C=O) groups is 1. The lowest BCUT2D eigenvalue weighted by Crippen LogP contribution is -2.29. The summed E-state index contributed by atoms with van der Waals surface area (Å²) >= 11 is 1.65. The molecule has 112 valence electrons. The molecule has 0 aliphatic rings. The minimum atomic E-state index is -0.128. The van der Waals surface area contributed by atoms with Gasteiger partial charge >= 0.3 is 0 Å². The van der Waals surface area contributed by atoms with E-state index in [1.54, 1.807) is 47.9 Å². The second-order valence-corrected chi connectivity index (χ2v) is 5.83. The number of nitrogens with zero attached hydrogens (tertiary/aromatic N) is 3. The maximum Gasteiger partial charge on any atom is 0.254 e. The zero-order valence-corrected chi connectivity index (χ0v) is 13.0. The van der Waals surface area contributed by atoms with Crippen molar-refractivity contribution < 1.29 is 4.79 Å². The number of thiophene rings is 1. The van der Waals surface area contributed by atoms with E-state index in [2.05, 4.69) is 26.8 Å². The predicted octanol–water partition coefficient (Wildman–Crippen LogP) is 2.59. The van der Waals surface area contributed by atoms with Gasteiger partial charge in [-0.25, -0.2) is 0 Å². The minimum Gasteiger partial charge on any atom is -0.345 e. The van der Waals surface area contributed by atoms with Crippen LogP contribution in [0.2, 0.25) is 0 Å². The summed E-state index contributed by atoms with van der Waals surface area (Å²) in [5, 5.41) is 11.2. The third kappa shape index (κ3) is 3.40. The minimum absolute atomic E-state index is 0.115. The Morgan fingerprint density at radius 2 is 2.32 bits per heavy atom. The van der Waals surface area contributed by atoms with Gasteiger partial charge in [-0.3, -0.25) is 14.5 Å². The molecule has 0 aromatic carbocycles. The molecule has 6 heteroatoms. The van der Waals surface area contributed by atoms with Crippen LogP contribution < -0.4 is 5.32 Å². The van der Waals surface area contributed by atoms with Crippen molar-refractivity contribution in [2.45, 2.75) is 12.5 Å². The second-order valence-electron chi connectivity index (χ2n) is 5.05. The topological polar surface area (TPSA) is 59.8 Å². The van der Waals surface area contributed by atoms with Gasteiger partial charge in [-0.05, 0) is 40.4 Å². The van der Waals surface area contributed by atoms with E-state index in [-0.39, 0.29) is 11.9 Å². The van der Waals surface area contributed by atoms with Crippen molar-refractivity contribution >= 4 is 17.2 Å². The average Bonchev–Trinajstić information content (AvgIpc) is 3.19. The van der Waals surface area contributed by atoms with Gasteiger partial charge in [0.15, 0.2) is 0 Å². The van der Waals surface area contributed by atoms with E-state index in [0.29, 0.717) is 5.56 Å². The summed E-state index contributed by atoms with van der Waals surface area (Å²) in [6, 6.07) is 5.82. The maximum absolute atomic E-state index is 12.4. The lowest BCUT2D eigenvalue weighted by atomic mass is 10.0. The fourth-order valence-electron chi connectivity index (χ4n) is 2.26. The Morgan fingerprint density at radius 1 is 1.41 bits per heavy atom. The number of carbonyl (C=O) groups excluding carboxylic acids is 1. The van der Waals surface area contributed by atoms with Crippen LogP contribution >= 0.6 is 11.3 Å². The molecule has 0 spiro atoms. The van der Waals surface area contributed by atoms with Gasteiger partial charge in [0, 0.05) is 25.6 Å². The molecule has 3 aromatic heterocycles. The van der Waals surface area contributed by atoms with Crippen molar-refractivity contribution in [1.29, 1.82) is 0 Å². The highest BCUT2D eigenvalue weighted by molar-refractivity contribution is 7.07. The molecule has 3 rings (SSSR count). The van der Waals surface area contributed by atoms with Crippen LogP contribution in [0, 0.1) is 0 Å². The number of rotatable bonds is 5. The molecule has 0 aliphatic carbocycles. The van der Waals surface area contributed by atoms with E-state index < -0.39 is 0 Å². The molecule has 0 unspecified atom stereocenters. The average molecular weight is 312 g/mol. The van der Waals surface area contributed by atoms with Crippen LogP contribution in [-0.2, 0) is 13.5 Å². The number of nitrogens with one attached hydrogen (secondary N) is 1. The Hall–Kier alpha value is -2.47. The van der Waals surface area contributed by atoms with Gasteiger partial charge in [-0.2, -0.15) is 16.4 Å². The van der Waals surface area contributed by atoms with Crippen molar-refractivity contribution in [1.82, 2.24) is 20.1 Å². The van der Waals surface area contributed by atoms with E-state index in [9.17, 15) is 4.79 Å². The number of hydrogen-bond donors (Lipinski definition) is 1. The lowest BCUT2D eigenvalue weighted by Gasteiger charge is -2.18. The van der Waals surface area contributed by atoms with Crippen LogP contribution in [0.4, 0.5) is 0 Å². The first kappa shape index (κ1) is 14.5. The lowest BCUT2D eigenvalue weighted by molar-refractivity contribution is 0.0936. The van der Waals surface area contributed by atoms with E-state index in [0.717, 1.165) is 12.0 Å². The van der Waals surface area contributed by atoms with Crippen LogP contribution in [0.15, 0.2) is 53.7 Å². The summed E-state index contributed by atoms with van der Waals surface area (Å²) in [6.07, 6.45) is 7.54. The van der Waals surface area contributed by atoms with Crippen molar-refractivity contribution in [3.63, 3.8) is 0 Å². The number of pyridine rings is 1. The Labute approximate surface area is 132 Å². The number of aryl methyl sites for hydroxylation is 1. The second kappa shape index (κ2) is 6.53. The van der Waals surface area contributed by atoms with E-state index in [4.69, 9.17) is 0 Å². The van der Waals surface area contributed by atoms with Gasteiger partial charge in [-0.1, -0.05) is 6.07 Å². The van der Waals surface area contributed by atoms with Crippen molar-refractivity contribution in [2.75, 3.05) is 0 Å².